The van der Waals surface area contributed by atoms with E-state index in [1.807, 2.05) is 31.2 Å². The minimum absolute atomic E-state index is 0.0905. The van der Waals surface area contributed by atoms with E-state index in [0.717, 1.165) is 21.8 Å². The molecule has 0 aliphatic carbocycles. The standard InChI is InChI=1S/C17H16FN3OS/c1-11(17-20-14-4-2-3-5-15(14)21-17)19-16(22)10-23-13-8-6-12(18)7-9-13/h2-9,11H,10H2,1H3,(H,19,22)(H,20,21)/t11-/m1/s1. The molecular formula is C17H16FN3OS. The molecule has 4 nitrogen and oxygen atoms in total. The Hall–Kier alpha value is -2.34. The summed E-state index contributed by atoms with van der Waals surface area (Å²) in [4.78, 5) is 20.6. The lowest BCUT2D eigenvalue weighted by molar-refractivity contribution is -0.119. The molecule has 1 amide bonds. The van der Waals surface area contributed by atoms with Crippen LogP contribution in [0, 0.1) is 5.82 Å². The first kappa shape index (κ1) is 15.6. The van der Waals surface area contributed by atoms with Gasteiger partial charge in [0, 0.05) is 4.90 Å². The quantitative estimate of drug-likeness (QED) is 0.702. The zero-order chi connectivity index (χ0) is 16.2. The molecule has 1 aromatic heterocycles. The van der Waals surface area contributed by atoms with Gasteiger partial charge in [-0.15, -0.1) is 11.8 Å². The van der Waals surface area contributed by atoms with Crippen LogP contribution in [0.4, 0.5) is 4.39 Å². The Morgan fingerprint density at radius 2 is 2.00 bits per heavy atom. The molecule has 0 bridgehead atoms. The zero-order valence-electron chi connectivity index (χ0n) is 12.5. The second-order valence-corrected chi connectivity index (χ2v) is 6.22. The molecule has 0 saturated heterocycles. The van der Waals surface area contributed by atoms with Crippen molar-refractivity contribution in [1.82, 2.24) is 15.3 Å². The summed E-state index contributed by atoms with van der Waals surface area (Å²) in [5.74, 6) is 0.631. The zero-order valence-corrected chi connectivity index (χ0v) is 13.4. The normalized spacial score (nSPS) is 12.3. The molecular weight excluding hydrogens is 313 g/mol. The lowest BCUT2D eigenvalue weighted by atomic mass is 10.3. The van der Waals surface area contributed by atoms with Crippen LogP contribution in [0.15, 0.2) is 53.4 Å². The number of aromatic amines is 1. The molecule has 118 valence electrons. The van der Waals surface area contributed by atoms with Crippen LogP contribution in [0.25, 0.3) is 11.0 Å². The molecule has 0 aliphatic heterocycles. The fourth-order valence-corrected chi connectivity index (χ4v) is 2.92. The van der Waals surface area contributed by atoms with Gasteiger partial charge in [-0.25, -0.2) is 9.37 Å². The minimum Gasteiger partial charge on any atom is -0.346 e. The second-order valence-electron chi connectivity index (χ2n) is 5.17. The highest BCUT2D eigenvalue weighted by Gasteiger charge is 2.13. The lowest BCUT2D eigenvalue weighted by Crippen LogP contribution is -2.28. The number of carbonyl (C=O) groups excluding carboxylic acids is 1. The van der Waals surface area contributed by atoms with Crippen LogP contribution < -0.4 is 5.32 Å². The highest BCUT2D eigenvalue weighted by atomic mass is 32.2. The van der Waals surface area contributed by atoms with Crippen molar-refractivity contribution in [3.63, 3.8) is 0 Å². The fourth-order valence-electron chi connectivity index (χ4n) is 2.21. The van der Waals surface area contributed by atoms with E-state index in [0.29, 0.717) is 0 Å². The van der Waals surface area contributed by atoms with Crippen LogP contribution in [-0.2, 0) is 4.79 Å². The third kappa shape index (κ3) is 3.90. The van der Waals surface area contributed by atoms with Crippen LogP contribution in [-0.4, -0.2) is 21.6 Å². The number of aromatic nitrogens is 2. The Kier molecular flexibility index (Phi) is 4.62. The van der Waals surface area contributed by atoms with Gasteiger partial charge in [0.15, 0.2) is 0 Å². The number of hydrogen-bond donors (Lipinski definition) is 2. The SMILES string of the molecule is C[C@@H](NC(=O)CSc1ccc(F)cc1)c1nc2ccccc2[nH]1. The molecule has 0 fully saturated rings. The maximum Gasteiger partial charge on any atom is 0.230 e. The van der Waals surface area contributed by atoms with Crippen molar-refractivity contribution in [3.05, 3.63) is 60.2 Å². The molecule has 2 aromatic carbocycles. The van der Waals surface area contributed by atoms with Gasteiger partial charge in [-0.05, 0) is 43.3 Å². The number of H-pyrrole nitrogens is 1. The van der Waals surface area contributed by atoms with E-state index in [9.17, 15) is 9.18 Å². The van der Waals surface area contributed by atoms with Crippen LogP contribution in [0.2, 0.25) is 0 Å². The average Bonchev–Trinajstić information content (AvgIpc) is 2.98. The maximum atomic E-state index is 12.8. The highest BCUT2D eigenvalue weighted by Crippen LogP contribution is 2.19. The number of hydrogen-bond acceptors (Lipinski definition) is 3. The molecule has 2 N–H and O–H groups in total. The van der Waals surface area contributed by atoms with Crippen LogP contribution in [0.5, 0.6) is 0 Å². The number of amides is 1. The Labute approximate surface area is 137 Å². The summed E-state index contributed by atoms with van der Waals surface area (Å²) in [5, 5.41) is 2.91. The van der Waals surface area contributed by atoms with Crippen LogP contribution in [0.1, 0.15) is 18.8 Å². The molecule has 1 atom stereocenters. The number of fused-ring (bicyclic) bond motifs is 1. The van der Waals surface area contributed by atoms with E-state index in [-0.39, 0.29) is 23.5 Å². The van der Waals surface area contributed by atoms with Crippen molar-refractivity contribution in [2.24, 2.45) is 0 Å². The van der Waals surface area contributed by atoms with Crippen LogP contribution >= 0.6 is 11.8 Å². The van der Waals surface area contributed by atoms with Crippen molar-refractivity contribution in [2.75, 3.05) is 5.75 Å². The number of nitrogens with zero attached hydrogens (tertiary/aromatic N) is 1. The maximum absolute atomic E-state index is 12.8. The highest BCUT2D eigenvalue weighted by molar-refractivity contribution is 8.00. The van der Waals surface area contributed by atoms with Gasteiger partial charge in [-0.3, -0.25) is 4.79 Å². The van der Waals surface area contributed by atoms with Crippen molar-refractivity contribution < 1.29 is 9.18 Å². The molecule has 0 aliphatic rings. The summed E-state index contributed by atoms with van der Waals surface area (Å²) in [5.41, 5.74) is 1.83. The Morgan fingerprint density at radius 1 is 1.26 bits per heavy atom. The van der Waals surface area contributed by atoms with E-state index >= 15 is 0 Å². The number of benzene rings is 2. The van der Waals surface area contributed by atoms with Gasteiger partial charge < -0.3 is 10.3 Å². The van der Waals surface area contributed by atoms with Crippen molar-refractivity contribution in [3.8, 4) is 0 Å². The summed E-state index contributed by atoms with van der Waals surface area (Å²) in [7, 11) is 0. The first-order chi connectivity index (χ1) is 11.1. The van der Waals surface area contributed by atoms with E-state index in [1.165, 1.54) is 23.9 Å². The Morgan fingerprint density at radius 3 is 2.74 bits per heavy atom. The number of nitrogens with one attached hydrogen (secondary N) is 2. The molecule has 0 spiro atoms. The molecule has 0 saturated carbocycles. The Bertz CT molecular complexity index is 783. The summed E-state index contributed by atoms with van der Waals surface area (Å²) in [6, 6.07) is 13.6. The van der Waals surface area contributed by atoms with Gasteiger partial charge >= 0.3 is 0 Å². The molecule has 0 unspecified atom stereocenters. The summed E-state index contributed by atoms with van der Waals surface area (Å²) >= 11 is 1.37. The van der Waals surface area contributed by atoms with Gasteiger partial charge in [-0.1, -0.05) is 12.1 Å². The molecule has 6 heteroatoms. The summed E-state index contributed by atoms with van der Waals surface area (Å²) in [6.45, 7) is 1.89. The lowest BCUT2D eigenvalue weighted by Gasteiger charge is -2.11. The van der Waals surface area contributed by atoms with Crippen molar-refractivity contribution in [2.45, 2.75) is 17.9 Å². The number of rotatable bonds is 5. The topological polar surface area (TPSA) is 57.8 Å². The van der Waals surface area contributed by atoms with Crippen molar-refractivity contribution >= 4 is 28.7 Å². The molecule has 3 rings (SSSR count). The molecule has 0 radical (unpaired) electrons. The predicted molar refractivity (Wildman–Crippen MR) is 89.8 cm³/mol. The average molecular weight is 329 g/mol. The number of halogens is 1. The van der Waals surface area contributed by atoms with E-state index in [1.54, 1.807) is 12.1 Å². The number of thioether (sulfide) groups is 1. The smallest absolute Gasteiger partial charge is 0.230 e. The van der Waals surface area contributed by atoms with E-state index in [4.69, 9.17) is 0 Å². The predicted octanol–water partition coefficient (Wildman–Crippen LogP) is 3.67. The van der Waals surface area contributed by atoms with Gasteiger partial charge in [0.05, 0.1) is 22.8 Å². The number of imidazole rings is 1. The van der Waals surface area contributed by atoms with E-state index < -0.39 is 0 Å². The Balaban J connectivity index is 1.57. The number of carbonyl (C=O) groups is 1. The minimum atomic E-state index is -0.280. The van der Waals surface area contributed by atoms with Gasteiger partial charge in [0.25, 0.3) is 0 Å². The molecule has 23 heavy (non-hydrogen) atoms. The monoisotopic (exact) mass is 329 g/mol. The first-order valence-electron chi connectivity index (χ1n) is 7.24. The van der Waals surface area contributed by atoms with Crippen LogP contribution in [0.3, 0.4) is 0 Å². The van der Waals surface area contributed by atoms with Gasteiger partial charge in [-0.2, -0.15) is 0 Å². The summed E-state index contributed by atoms with van der Waals surface area (Å²) in [6.07, 6.45) is 0. The molecule has 3 aromatic rings. The second kappa shape index (κ2) is 6.83. The molecule has 1 heterocycles. The largest absolute Gasteiger partial charge is 0.346 e. The number of para-hydroxylation sites is 2. The van der Waals surface area contributed by atoms with Crippen molar-refractivity contribution in [1.29, 1.82) is 0 Å². The van der Waals surface area contributed by atoms with Gasteiger partial charge in [0.2, 0.25) is 5.91 Å². The van der Waals surface area contributed by atoms with E-state index in [2.05, 4.69) is 15.3 Å². The summed E-state index contributed by atoms with van der Waals surface area (Å²) < 4.78 is 12.8. The third-order valence-corrected chi connectivity index (χ3v) is 4.39. The van der Waals surface area contributed by atoms with Gasteiger partial charge in [0.1, 0.15) is 11.6 Å². The fraction of sp³-hybridized carbons (Fsp3) is 0.176. The first-order valence-corrected chi connectivity index (χ1v) is 8.23. The third-order valence-electron chi connectivity index (χ3n) is 3.38.